The molecule has 2 N–H and O–H groups in total. The summed E-state index contributed by atoms with van der Waals surface area (Å²) in [6.07, 6.45) is 0.638. The number of fused-ring (bicyclic) bond motifs is 2. The molecule has 0 aliphatic carbocycles. The normalized spacial score (nSPS) is 19.8. The average Bonchev–Trinajstić information content (AvgIpc) is 3.04. The summed E-state index contributed by atoms with van der Waals surface area (Å²) in [5, 5.41) is 0. The summed E-state index contributed by atoms with van der Waals surface area (Å²) in [7, 11) is 0. The van der Waals surface area contributed by atoms with Crippen molar-refractivity contribution in [2.75, 3.05) is 25.6 Å². The number of nitrogen functional groups attached to an aromatic ring is 1. The van der Waals surface area contributed by atoms with Crippen molar-refractivity contribution in [1.29, 1.82) is 0 Å². The lowest BCUT2D eigenvalue weighted by atomic mass is 10.1. The van der Waals surface area contributed by atoms with Crippen molar-refractivity contribution in [1.82, 2.24) is 24.4 Å². The van der Waals surface area contributed by atoms with Crippen molar-refractivity contribution in [2.24, 2.45) is 0 Å². The second-order valence-electron chi connectivity index (χ2n) is 7.40. The van der Waals surface area contributed by atoms with Gasteiger partial charge in [0.15, 0.2) is 28.5 Å². The van der Waals surface area contributed by atoms with Crippen LogP contribution in [0.5, 0.6) is 11.5 Å². The lowest BCUT2D eigenvalue weighted by molar-refractivity contribution is 0.174. The molecule has 2 aliphatic rings. The molecule has 5 rings (SSSR count). The maximum Gasteiger partial charge on any atom is 0.312 e. The van der Waals surface area contributed by atoms with Gasteiger partial charge >= 0.3 is 6.08 Å². The zero-order valence-electron chi connectivity index (χ0n) is 15.9. The Morgan fingerprint density at radius 2 is 1.97 bits per heavy atom. The highest BCUT2D eigenvalue weighted by Gasteiger charge is 2.28. The number of benzene rings is 1. The van der Waals surface area contributed by atoms with E-state index in [0.717, 1.165) is 46.0 Å². The van der Waals surface area contributed by atoms with Crippen LogP contribution in [0, 0.1) is 9.65 Å². The SMILES string of the molecule is CC1CN1CCCn1c(Cc2cc3c(cc2I)OCO3)nc2c(N)nc(F)nc21. The number of aryl methyl sites for hydroxylation is 1. The molecule has 29 heavy (non-hydrogen) atoms. The van der Waals surface area contributed by atoms with E-state index in [-0.39, 0.29) is 12.6 Å². The first kappa shape index (κ1) is 18.8. The number of nitrogens with two attached hydrogens (primary N) is 1. The first-order chi connectivity index (χ1) is 14.0. The highest BCUT2D eigenvalue weighted by atomic mass is 127. The van der Waals surface area contributed by atoms with Gasteiger partial charge < -0.3 is 19.8 Å². The van der Waals surface area contributed by atoms with Gasteiger partial charge in [0.25, 0.3) is 0 Å². The third-order valence-electron chi connectivity index (χ3n) is 5.38. The number of anilines is 1. The zero-order valence-corrected chi connectivity index (χ0v) is 18.0. The quantitative estimate of drug-likeness (QED) is 0.310. The summed E-state index contributed by atoms with van der Waals surface area (Å²) in [6, 6.07) is 4.58. The minimum absolute atomic E-state index is 0.0625. The number of ether oxygens (including phenoxy) is 2. The third kappa shape index (κ3) is 3.59. The van der Waals surface area contributed by atoms with Crippen molar-refractivity contribution in [3.63, 3.8) is 0 Å². The van der Waals surface area contributed by atoms with Gasteiger partial charge in [0.05, 0.1) is 0 Å². The van der Waals surface area contributed by atoms with Gasteiger partial charge in [-0.25, -0.2) is 4.98 Å². The molecule has 4 heterocycles. The number of rotatable bonds is 6. The Kier molecular flexibility index (Phi) is 4.69. The van der Waals surface area contributed by atoms with E-state index in [1.54, 1.807) is 0 Å². The van der Waals surface area contributed by atoms with Gasteiger partial charge in [0.2, 0.25) is 6.79 Å². The standard InChI is InChI=1S/C19H20FIN6O2/c1-10-8-26(10)3-2-4-27-15(23-16-17(22)24-19(20)25-18(16)27)6-11-5-13-14(7-12(11)21)29-9-28-13/h5,7,10H,2-4,6,8-9H2,1H3,(H2,22,24,25). The van der Waals surface area contributed by atoms with E-state index in [1.165, 1.54) is 0 Å². The maximum absolute atomic E-state index is 13.9. The van der Waals surface area contributed by atoms with Crippen LogP contribution in [0.15, 0.2) is 12.1 Å². The number of hydrogen-bond acceptors (Lipinski definition) is 7. The summed E-state index contributed by atoms with van der Waals surface area (Å²) in [5.41, 5.74) is 7.87. The predicted octanol–water partition coefficient (Wildman–Crippen LogP) is 2.57. The van der Waals surface area contributed by atoms with Crippen LogP contribution in [0.25, 0.3) is 11.2 Å². The van der Waals surface area contributed by atoms with E-state index in [4.69, 9.17) is 15.2 Å². The number of halogens is 2. The van der Waals surface area contributed by atoms with Crippen molar-refractivity contribution < 1.29 is 13.9 Å². The molecule has 2 aliphatic heterocycles. The summed E-state index contributed by atoms with van der Waals surface area (Å²) < 4.78 is 27.8. The molecule has 2 aromatic heterocycles. The summed E-state index contributed by atoms with van der Waals surface area (Å²) in [6.45, 7) is 5.25. The van der Waals surface area contributed by atoms with Crippen LogP contribution in [0.1, 0.15) is 24.7 Å². The number of imidazole rings is 1. The molecule has 0 amide bonds. The second-order valence-corrected chi connectivity index (χ2v) is 8.56. The minimum atomic E-state index is -0.833. The third-order valence-corrected chi connectivity index (χ3v) is 6.38. The fourth-order valence-corrected chi connectivity index (χ4v) is 4.34. The molecule has 8 nitrogen and oxygen atoms in total. The fourth-order valence-electron chi connectivity index (χ4n) is 3.71. The minimum Gasteiger partial charge on any atom is -0.454 e. The van der Waals surface area contributed by atoms with E-state index in [0.29, 0.717) is 30.2 Å². The Morgan fingerprint density at radius 1 is 1.21 bits per heavy atom. The number of aromatic nitrogens is 4. The molecule has 0 saturated carbocycles. The van der Waals surface area contributed by atoms with Gasteiger partial charge in [-0.2, -0.15) is 14.4 Å². The summed E-state index contributed by atoms with van der Waals surface area (Å²) in [4.78, 5) is 14.7. The fraction of sp³-hybridized carbons (Fsp3) is 0.421. The molecule has 0 spiro atoms. The Balaban J connectivity index is 1.50. The van der Waals surface area contributed by atoms with Crippen LogP contribution in [0.4, 0.5) is 10.2 Å². The lowest BCUT2D eigenvalue weighted by Crippen LogP contribution is -2.11. The van der Waals surface area contributed by atoms with Gasteiger partial charge in [-0.1, -0.05) is 0 Å². The van der Waals surface area contributed by atoms with Crippen LogP contribution >= 0.6 is 22.6 Å². The molecular weight excluding hydrogens is 490 g/mol. The van der Waals surface area contributed by atoms with E-state index in [2.05, 4.69) is 49.4 Å². The van der Waals surface area contributed by atoms with Gasteiger partial charge in [0.1, 0.15) is 5.82 Å². The molecule has 152 valence electrons. The van der Waals surface area contributed by atoms with E-state index < -0.39 is 6.08 Å². The van der Waals surface area contributed by atoms with Crippen LogP contribution in [0.3, 0.4) is 0 Å². The van der Waals surface area contributed by atoms with E-state index in [9.17, 15) is 4.39 Å². The highest BCUT2D eigenvalue weighted by Crippen LogP contribution is 2.36. The topological polar surface area (TPSA) is 91.1 Å². The van der Waals surface area contributed by atoms with Crippen LogP contribution in [0.2, 0.25) is 0 Å². The van der Waals surface area contributed by atoms with E-state index >= 15 is 0 Å². The number of nitrogens with zero attached hydrogens (tertiary/aromatic N) is 5. The lowest BCUT2D eigenvalue weighted by Gasteiger charge is -2.11. The average molecular weight is 510 g/mol. The molecule has 1 fully saturated rings. The van der Waals surface area contributed by atoms with Gasteiger partial charge in [-0.15, -0.1) is 0 Å². The van der Waals surface area contributed by atoms with Crippen LogP contribution in [-0.2, 0) is 13.0 Å². The Hall–Kier alpha value is -2.21. The zero-order chi connectivity index (χ0) is 20.1. The molecule has 0 radical (unpaired) electrons. The smallest absolute Gasteiger partial charge is 0.312 e. The molecule has 3 aromatic rings. The highest BCUT2D eigenvalue weighted by molar-refractivity contribution is 14.1. The molecule has 0 bridgehead atoms. The Bertz CT molecular complexity index is 1100. The summed E-state index contributed by atoms with van der Waals surface area (Å²) >= 11 is 2.28. The van der Waals surface area contributed by atoms with Gasteiger partial charge in [-0.3, -0.25) is 4.90 Å². The first-order valence-corrected chi connectivity index (χ1v) is 10.6. The van der Waals surface area contributed by atoms with Crippen LogP contribution in [-0.4, -0.2) is 50.3 Å². The monoisotopic (exact) mass is 510 g/mol. The maximum atomic E-state index is 13.9. The van der Waals surface area contributed by atoms with Gasteiger partial charge in [-0.05, 0) is 53.6 Å². The van der Waals surface area contributed by atoms with Crippen molar-refractivity contribution in [2.45, 2.75) is 32.4 Å². The van der Waals surface area contributed by atoms with Crippen molar-refractivity contribution in [3.8, 4) is 11.5 Å². The first-order valence-electron chi connectivity index (χ1n) is 9.50. The number of hydrogen-bond donors (Lipinski definition) is 1. The van der Waals surface area contributed by atoms with Crippen molar-refractivity contribution >= 4 is 39.6 Å². The molecule has 10 heteroatoms. The Labute approximate surface area is 180 Å². The van der Waals surface area contributed by atoms with E-state index in [1.807, 2.05) is 16.7 Å². The second kappa shape index (κ2) is 7.24. The summed E-state index contributed by atoms with van der Waals surface area (Å²) in [5.74, 6) is 2.31. The Morgan fingerprint density at radius 3 is 2.72 bits per heavy atom. The predicted molar refractivity (Wildman–Crippen MR) is 113 cm³/mol. The molecular formula is C19H20FIN6O2. The van der Waals surface area contributed by atoms with Crippen LogP contribution < -0.4 is 15.2 Å². The van der Waals surface area contributed by atoms with Crippen molar-refractivity contribution in [3.05, 3.63) is 33.2 Å². The molecule has 2 atom stereocenters. The molecule has 1 aromatic carbocycles. The largest absolute Gasteiger partial charge is 0.454 e. The van der Waals surface area contributed by atoms with Gasteiger partial charge in [0, 0.05) is 35.7 Å². The molecule has 1 saturated heterocycles. The molecule has 2 unspecified atom stereocenters.